The van der Waals surface area contributed by atoms with Gasteiger partial charge in [0.2, 0.25) is 0 Å². The van der Waals surface area contributed by atoms with Gasteiger partial charge in [-0.05, 0) is 6.07 Å². The van der Waals surface area contributed by atoms with Crippen LogP contribution in [-0.2, 0) is 22.6 Å². The SMILES string of the molecule is C=C[C@]12OC[C@@H](Oc3nc4nc(NCc5c(F)cc(OCc6cscn6)cc5F)c(Cl)cc4[nH]3)[C@H]1OC[C@H]2O. The number of imidazole rings is 1. The monoisotopic (exact) mass is 577 g/mol. The zero-order chi connectivity index (χ0) is 27.1. The molecule has 2 fully saturated rings. The summed E-state index contributed by atoms with van der Waals surface area (Å²) < 4.78 is 52.2. The number of nitrogens with one attached hydrogen (secondary N) is 2. The second kappa shape index (κ2) is 10.3. The van der Waals surface area contributed by atoms with Crippen LogP contribution in [0.3, 0.4) is 0 Å². The molecule has 6 rings (SSSR count). The lowest BCUT2D eigenvalue weighted by Crippen LogP contribution is -2.46. The number of aromatic amines is 1. The van der Waals surface area contributed by atoms with Crippen molar-refractivity contribution in [3.63, 3.8) is 0 Å². The molecule has 0 aliphatic carbocycles. The van der Waals surface area contributed by atoms with Gasteiger partial charge in [-0.3, -0.25) is 0 Å². The highest BCUT2D eigenvalue weighted by molar-refractivity contribution is 7.07. The smallest absolute Gasteiger partial charge is 0.296 e. The summed E-state index contributed by atoms with van der Waals surface area (Å²) in [5, 5.41) is 15.1. The van der Waals surface area contributed by atoms with E-state index in [4.69, 9.17) is 30.5 Å². The lowest BCUT2D eigenvalue weighted by atomic mass is 9.92. The van der Waals surface area contributed by atoms with Crippen molar-refractivity contribution < 1.29 is 32.8 Å². The summed E-state index contributed by atoms with van der Waals surface area (Å²) >= 11 is 7.77. The average Bonchev–Trinajstić information content (AvgIpc) is 3.69. The van der Waals surface area contributed by atoms with E-state index in [1.807, 2.05) is 0 Å². The van der Waals surface area contributed by atoms with E-state index in [1.54, 1.807) is 17.0 Å². The number of fused-ring (bicyclic) bond motifs is 2. The van der Waals surface area contributed by atoms with Gasteiger partial charge in [0.25, 0.3) is 6.01 Å². The molecule has 0 bridgehead atoms. The highest BCUT2D eigenvalue weighted by Gasteiger charge is 2.59. The van der Waals surface area contributed by atoms with Gasteiger partial charge < -0.3 is 34.4 Å². The Balaban J connectivity index is 1.14. The quantitative estimate of drug-likeness (QED) is 0.253. The number of aliphatic hydroxyl groups excluding tert-OH is 1. The number of aromatic nitrogens is 4. The normalized spacial score (nSPS) is 24.2. The highest BCUT2D eigenvalue weighted by Crippen LogP contribution is 2.40. The first-order valence-corrected chi connectivity index (χ1v) is 13.2. The number of rotatable bonds is 9. The number of benzene rings is 1. The van der Waals surface area contributed by atoms with Gasteiger partial charge in [0.05, 0.1) is 35.0 Å². The highest BCUT2D eigenvalue weighted by atomic mass is 35.5. The second-order valence-corrected chi connectivity index (χ2v) is 10.1. The summed E-state index contributed by atoms with van der Waals surface area (Å²) in [5.74, 6) is -1.32. The summed E-state index contributed by atoms with van der Waals surface area (Å²) in [6, 6.07) is 3.95. The summed E-state index contributed by atoms with van der Waals surface area (Å²) in [6.45, 7) is 3.91. The van der Waals surface area contributed by atoms with Crippen molar-refractivity contribution in [3.8, 4) is 11.8 Å². The number of thiazole rings is 1. The molecule has 4 aromatic rings. The molecule has 0 spiro atoms. The van der Waals surface area contributed by atoms with Crippen LogP contribution in [0.2, 0.25) is 5.02 Å². The molecular formula is C25H22ClF2N5O5S. The van der Waals surface area contributed by atoms with Gasteiger partial charge in [-0.2, -0.15) is 4.98 Å². The molecule has 2 saturated heterocycles. The summed E-state index contributed by atoms with van der Waals surface area (Å²) in [6.07, 6.45) is -0.417. The van der Waals surface area contributed by atoms with Crippen LogP contribution >= 0.6 is 22.9 Å². The Kier molecular flexibility index (Phi) is 6.85. The van der Waals surface area contributed by atoms with Gasteiger partial charge in [0, 0.05) is 29.6 Å². The van der Waals surface area contributed by atoms with Crippen molar-refractivity contribution in [2.24, 2.45) is 0 Å². The Morgan fingerprint density at radius 3 is 2.85 bits per heavy atom. The standard InChI is InChI=1S/C25H22ClF2N5O5S/c1-2-25-20(34)9-36-21(25)19(8-37-25)38-24-31-18-5-15(26)22(32-23(18)33-24)29-6-14-16(27)3-13(4-17(14)28)35-7-12-10-39-11-30-12/h2-5,10-11,19-21,34H,1,6-9H2,(H2,29,31,32,33)/t19-,20-,21-,25-/m1/s1. The summed E-state index contributed by atoms with van der Waals surface area (Å²) in [5.41, 5.74) is 1.83. The fourth-order valence-electron chi connectivity index (χ4n) is 4.63. The van der Waals surface area contributed by atoms with Crippen LogP contribution in [0.5, 0.6) is 11.8 Å². The molecule has 0 saturated carbocycles. The fraction of sp³-hybridized carbons (Fsp3) is 0.320. The summed E-state index contributed by atoms with van der Waals surface area (Å²) in [7, 11) is 0. The Morgan fingerprint density at radius 1 is 1.28 bits per heavy atom. The van der Waals surface area contributed by atoms with Crippen LogP contribution < -0.4 is 14.8 Å². The number of nitrogens with zero attached hydrogens (tertiary/aromatic N) is 3. The predicted molar refractivity (Wildman–Crippen MR) is 138 cm³/mol. The van der Waals surface area contributed by atoms with Gasteiger partial charge in [0.1, 0.15) is 47.6 Å². The zero-order valence-corrected chi connectivity index (χ0v) is 21.8. The van der Waals surface area contributed by atoms with E-state index < -0.39 is 35.5 Å². The van der Waals surface area contributed by atoms with Crippen LogP contribution in [0.25, 0.3) is 11.2 Å². The van der Waals surface area contributed by atoms with Gasteiger partial charge in [-0.15, -0.1) is 17.9 Å². The minimum atomic E-state index is -1.04. The third-order valence-electron chi connectivity index (χ3n) is 6.64. The first-order chi connectivity index (χ1) is 18.9. The average molecular weight is 578 g/mol. The van der Waals surface area contributed by atoms with Crippen molar-refractivity contribution in [1.82, 2.24) is 19.9 Å². The van der Waals surface area contributed by atoms with Crippen LogP contribution in [0.15, 0.2) is 41.7 Å². The van der Waals surface area contributed by atoms with E-state index in [-0.39, 0.29) is 60.2 Å². The third kappa shape index (κ3) is 4.80. The Bertz CT molecular complexity index is 1500. The Hall–Kier alpha value is -3.36. The molecule has 2 aliphatic rings. The van der Waals surface area contributed by atoms with Crippen molar-refractivity contribution in [3.05, 3.63) is 69.7 Å². The second-order valence-electron chi connectivity index (χ2n) is 9.01. The van der Waals surface area contributed by atoms with E-state index in [9.17, 15) is 13.9 Å². The maximum atomic E-state index is 14.7. The van der Waals surface area contributed by atoms with Gasteiger partial charge >= 0.3 is 0 Å². The molecule has 3 aromatic heterocycles. The largest absolute Gasteiger partial charge is 0.487 e. The lowest BCUT2D eigenvalue weighted by Gasteiger charge is -2.26. The van der Waals surface area contributed by atoms with Crippen molar-refractivity contribution >= 4 is 39.9 Å². The van der Waals surface area contributed by atoms with Crippen LogP contribution in [0.1, 0.15) is 11.3 Å². The molecule has 4 atom stereocenters. The molecule has 10 nitrogen and oxygen atoms in total. The molecular weight excluding hydrogens is 556 g/mol. The third-order valence-corrected chi connectivity index (χ3v) is 7.56. The molecule has 2 aliphatic heterocycles. The number of hydrogen-bond donors (Lipinski definition) is 3. The van der Waals surface area contributed by atoms with Gasteiger partial charge in [-0.1, -0.05) is 17.7 Å². The van der Waals surface area contributed by atoms with E-state index in [1.165, 1.54) is 17.4 Å². The Morgan fingerprint density at radius 2 is 2.10 bits per heavy atom. The minimum absolute atomic E-state index is 0.0545. The van der Waals surface area contributed by atoms with Crippen molar-refractivity contribution in [2.75, 3.05) is 18.5 Å². The maximum absolute atomic E-state index is 14.7. The van der Waals surface area contributed by atoms with E-state index in [2.05, 4.69) is 31.8 Å². The van der Waals surface area contributed by atoms with Crippen molar-refractivity contribution in [1.29, 1.82) is 0 Å². The number of aliphatic hydroxyl groups is 1. The van der Waals surface area contributed by atoms with Crippen molar-refractivity contribution in [2.45, 2.75) is 37.1 Å². The fourth-order valence-corrected chi connectivity index (χ4v) is 5.39. The van der Waals surface area contributed by atoms with Gasteiger partial charge in [0.15, 0.2) is 11.8 Å². The first-order valence-electron chi connectivity index (χ1n) is 11.9. The molecule has 204 valence electrons. The molecule has 5 heterocycles. The van der Waals surface area contributed by atoms with E-state index >= 15 is 0 Å². The van der Waals surface area contributed by atoms with Crippen LogP contribution in [0, 0.1) is 11.6 Å². The molecule has 14 heteroatoms. The molecule has 0 amide bonds. The van der Waals surface area contributed by atoms with E-state index in [0.717, 1.165) is 12.1 Å². The number of anilines is 1. The molecule has 1 aromatic carbocycles. The first kappa shape index (κ1) is 25.9. The number of pyridine rings is 1. The predicted octanol–water partition coefficient (Wildman–Crippen LogP) is 4.00. The molecule has 39 heavy (non-hydrogen) atoms. The number of halogens is 3. The lowest BCUT2D eigenvalue weighted by molar-refractivity contribution is -0.0398. The topological polar surface area (TPSA) is 124 Å². The maximum Gasteiger partial charge on any atom is 0.296 e. The molecule has 3 N–H and O–H groups in total. The molecule has 0 unspecified atom stereocenters. The Labute approximate surface area is 229 Å². The zero-order valence-electron chi connectivity index (χ0n) is 20.2. The van der Waals surface area contributed by atoms with Crippen LogP contribution in [0.4, 0.5) is 14.6 Å². The minimum Gasteiger partial charge on any atom is -0.487 e. The number of ether oxygens (including phenoxy) is 4. The number of H-pyrrole nitrogens is 1. The number of hydrogen-bond acceptors (Lipinski definition) is 10. The van der Waals surface area contributed by atoms with Crippen LogP contribution in [-0.4, -0.2) is 62.2 Å². The van der Waals surface area contributed by atoms with Gasteiger partial charge in [-0.25, -0.2) is 18.7 Å². The van der Waals surface area contributed by atoms with E-state index in [0.29, 0.717) is 11.2 Å². The summed E-state index contributed by atoms with van der Waals surface area (Å²) in [4.78, 5) is 15.8. The molecule has 0 radical (unpaired) electrons.